The van der Waals surface area contributed by atoms with Crippen LogP contribution in [0.15, 0.2) is 47.7 Å². The highest BCUT2D eigenvalue weighted by Crippen LogP contribution is 2.27. The largest absolute Gasteiger partial charge is 0.299 e. The topological polar surface area (TPSA) is 99.0 Å². The number of nitrogens with zero attached hydrogens (tertiary/aromatic N) is 9. The molecule has 0 aliphatic carbocycles. The molecule has 0 aromatic carbocycles. The highest BCUT2D eigenvalue weighted by Gasteiger charge is 2.25. The lowest BCUT2D eigenvalue weighted by Crippen LogP contribution is -2.35. The minimum absolute atomic E-state index is 0.0339. The van der Waals surface area contributed by atoms with Gasteiger partial charge in [-0.05, 0) is 50.2 Å². The van der Waals surface area contributed by atoms with E-state index in [9.17, 15) is 4.79 Å². The molecule has 4 aromatic rings. The van der Waals surface area contributed by atoms with Crippen molar-refractivity contribution in [2.24, 2.45) is 7.05 Å². The molecule has 10 nitrogen and oxygen atoms in total. The van der Waals surface area contributed by atoms with Crippen molar-refractivity contribution in [3.63, 3.8) is 0 Å². The van der Waals surface area contributed by atoms with Crippen molar-refractivity contribution >= 4 is 5.65 Å². The summed E-state index contributed by atoms with van der Waals surface area (Å²) in [6.45, 7) is 2.43. The Balaban J connectivity index is 1.33. The molecule has 1 fully saturated rings. The molecule has 0 spiro atoms. The van der Waals surface area contributed by atoms with Gasteiger partial charge in [0.1, 0.15) is 0 Å². The van der Waals surface area contributed by atoms with Crippen LogP contribution in [0.3, 0.4) is 0 Å². The first kappa shape index (κ1) is 17.7. The van der Waals surface area contributed by atoms with Gasteiger partial charge in [-0.2, -0.15) is 14.7 Å². The standard InChI is InChI=1S/C19H21N9O/c1-25-19(29)15(5-9-20-25)13-26-11-6-14(7-12-26)18-23-22-16-3-4-17(24-28(16)18)27-10-2-8-21-27/h2-5,8-10,14H,6-7,11-13H2,1H3. The van der Waals surface area contributed by atoms with Crippen LogP contribution in [-0.4, -0.2) is 57.4 Å². The van der Waals surface area contributed by atoms with E-state index in [0.29, 0.717) is 6.54 Å². The van der Waals surface area contributed by atoms with Crippen LogP contribution >= 0.6 is 0 Å². The smallest absolute Gasteiger partial charge is 0.270 e. The van der Waals surface area contributed by atoms with Gasteiger partial charge in [-0.1, -0.05) is 0 Å². The van der Waals surface area contributed by atoms with E-state index in [-0.39, 0.29) is 11.5 Å². The molecule has 29 heavy (non-hydrogen) atoms. The number of hydrogen-bond acceptors (Lipinski definition) is 7. The van der Waals surface area contributed by atoms with E-state index in [0.717, 1.165) is 48.8 Å². The molecule has 148 valence electrons. The van der Waals surface area contributed by atoms with Crippen LogP contribution in [0.5, 0.6) is 0 Å². The summed E-state index contributed by atoms with van der Waals surface area (Å²) in [6, 6.07) is 7.47. The third-order valence-corrected chi connectivity index (χ3v) is 5.44. The van der Waals surface area contributed by atoms with Crippen molar-refractivity contribution in [2.75, 3.05) is 13.1 Å². The third kappa shape index (κ3) is 3.31. The second-order valence-corrected chi connectivity index (χ2v) is 7.31. The zero-order valence-corrected chi connectivity index (χ0v) is 16.1. The molecule has 1 aliphatic heterocycles. The summed E-state index contributed by atoms with van der Waals surface area (Å²) in [5.41, 5.74) is 1.48. The molecular weight excluding hydrogens is 370 g/mol. The normalized spacial score (nSPS) is 15.9. The second kappa shape index (κ2) is 7.21. The van der Waals surface area contributed by atoms with Crippen LogP contribution < -0.4 is 5.56 Å². The minimum Gasteiger partial charge on any atom is -0.299 e. The number of fused-ring (bicyclic) bond motifs is 1. The number of likely N-dealkylation sites (tertiary alicyclic amines) is 1. The first-order valence-electron chi connectivity index (χ1n) is 9.65. The van der Waals surface area contributed by atoms with Crippen molar-refractivity contribution in [2.45, 2.75) is 25.3 Å². The van der Waals surface area contributed by atoms with Crippen molar-refractivity contribution in [3.8, 4) is 5.82 Å². The lowest BCUT2D eigenvalue weighted by atomic mass is 9.96. The first-order chi connectivity index (χ1) is 14.2. The molecule has 5 heterocycles. The maximum absolute atomic E-state index is 12.2. The van der Waals surface area contributed by atoms with Crippen molar-refractivity contribution in [3.05, 3.63) is 64.6 Å². The van der Waals surface area contributed by atoms with Crippen LogP contribution in [-0.2, 0) is 13.6 Å². The summed E-state index contributed by atoms with van der Waals surface area (Å²) in [5, 5.41) is 21.6. The van der Waals surface area contributed by atoms with Crippen LogP contribution in [0.2, 0.25) is 0 Å². The predicted octanol–water partition coefficient (Wildman–Crippen LogP) is 0.783. The minimum atomic E-state index is -0.0339. The van der Waals surface area contributed by atoms with E-state index in [4.69, 9.17) is 0 Å². The van der Waals surface area contributed by atoms with Crippen LogP contribution in [0.25, 0.3) is 11.5 Å². The fraction of sp³-hybridized carbons (Fsp3) is 0.368. The van der Waals surface area contributed by atoms with E-state index in [1.807, 2.05) is 28.9 Å². The number of rotatable bonds is 4. The molecule has 0 amide bonds. The van der Waals surface area contributed by atoms with Crippen molar-refractivity contribution < 1.29 is 0 Å². The lowest BCUT2D eigenvalue weighted by Gasteiger charge is -2.30. The maximum atomic E-state index is 12.2. The second-order valence-electron chi connectivity index (χ2n) is 7.31. The van der Waals surface area contributed by atoms with Crippen LogP contribution in [0.4, 0.5) is 0 Å². The van der Waals surface area contributed by atoms with Gasteiger partial charge >= 0.3 is 0 Å². The molecule has 1 aliphatic rings. The maximum Gasteiger partial charge on any atom is 0.270 e. The zero-order chi connectivity index (χ0) is 19.8. The van der Waals surface area contributed by atoms with Crippen molar-refractivity contribution in [1.82, 2.24) is 44.3 Å². The Kier molecular flexibility index (Phi) is 4.39. The van der Waals surface area contributed by atoms with Crippen LogP contribution in [0.1, 0.15) is 30.1 Å². The molecule has 0 N–H and O–H groups in total. The summed E-state index contributed by atoms with van der Waals surface area (Å²) < 4.78 is 4.93. The monoisotopic (exact) mass is 391 g/mol. The Hall–Kier alpha value is -3.40. The van der Waals surface area contributed by atoms with Gasteiger partial charge in [-0.25, -0.2) is 9.36 Å². The number of hydrogen-bond donors (Lipinski definition) is 0. The Bertz CT molecular complexity index is 1190. The van der Waals surface area contributed by atoms with E-state index >= 15 is 0 Å². The summed E-state index contributed by atoms with van der Waals surface area (Å²) in [7, 11) is 1.68. The van der Waals surface area contributed by atoms with Gasteiger partial charge in [0, 0.05) is 43.7 Å². The summed E-state index contributed by atoms with van der Waals surface area (Å²) in [4.78, 5) is 14.5. The molecular formula is C19H21N9O. The lowest BCUT2D eigenvalue weighted by molar-refractivity contribution is 0.199. The van der Waals surface area contributed by atoms with Gasteiger partial charge in [0.15, 0.2) is 17.3 Å². The number of aryl methyl sites for hydroxylation is 1. The van der Waals surface area contributed by atoms with Gasteiger partial charge < -0.3 is 0 Å². The summed E-state index contributed by atoms with van der Waals surface area (Å²) >= 11 is 0. The molecule has 4 aromatic heterocycles. The fourth-order valence-corrected chi connectivity index (χ4v) is 3.84. The Labute approximate surface area is 166 Å². The van der Waals surface area contributed by atoms with E-state index in [2.05, 4.69) is 30.4 Å². The Morgan fingerprint density at radius 1 is 1.07 bits per heavy atom. The molecule has 10 heteroatoms. The predicted molar refractivity (Wildman–Crippen MR) is 105 cm³/mol. The quantitative estimate of drug-likeness (QED) is 0.507. The molecule has 0 radical (unpaired) electrons. The third-order valence-electron chi connectivity index (χ3n) is 5.44. The SMILES string of the molecule is Cn1nccc(CN2CCC(c3nnc4ccc(-n5cccn5)nn34)CC2)c1=O. The van der Waals surface area contributed by atoms with Gasteiger partial charge in [-0.3, -0.25) is 9.69 Å². The highest BCUT2D eigenvalue weighted by molar-refractivity contribution is 5.39. The van der Waals surface area contributed by atoms with E-state index < -0.39 is 0 Å². The Morgan fingerprint density at radius 2 is 1.93 bits per heavy atom. The highest BCUT2D eigenvalue weighted by atomic mass is 16.1. The summed E-state index contributed by atoms with van der Waals surface area (Å²) in [5.74, 6) is 1.89. The van der Waals surface area contributed by atoms with Gasteiger partial charge in [0.2, 0.25) is 0 Å². The molecule has 5 rings (SSSR count). The fourth-order valence-electron chi connectivity index (χ4n) is 3.84. The molecule has 0 bridgehead atoms. The van der Waals surface area contributed by atoms with E-state index in [1.165, 1.54) is 4.68 Å². The molecule has 0 unspecified atom stereocenters. The average Bonchev–Trinajstić information content (AvgIpc) is 3.42. The summed E-state index contributed by atoms with van der Waals surface area (Å²) in [6.07, 6.45) is 7.15. The number of piperidine rings is 1. The molecule has 1 saturated heterocycles. The molecule has 0 atom stereocenters. The zero-order valence-electron chi connectivity index (χ0n) is 16.1. The van der Waals surface area contributed by atoms with Crippen LogP contribution in [0, 0.1) is 0 Å². The van der Waals surface area contributed by atoms with E-state index in [1.54, 1.807) is 30.2 Å². The first-order valence-corrected chi connectivity index (χ1v) is 9.65. The molecule has 0 saturated carbocycles. The van der Waals surface area contributed by atoms with Gasteiger partial charge in [-0.15, -0.1) is 15.3 Å². The number of aromatic nitrogens is 8. The van der Waals surface area contributed by atoms with Gasteiger partial charge in [0.05, 0.1) is 0 Å². The Morgan fingerprint density at radius 3 is 2.72 bits per heavy atom. The van der Waals surface area contributed by atoms with Crippen molar-refractivity contribution in [1.29, 1.82) is 0 Å². The van der Waals surface area contributed by atoms with Gasteiger partial charge in [0.25, 0.3) is 5.56 Å². The average molecular weight is 391 g/mol.